The number of urea groups is 1. The summed E-state index contributed by atoms with van der Waals surface area (Å²) in [4.78, 5) is 49.4. The minimum absolute atomic E-state index is 0.0142. The van der Waals surface area contributed by atoms with Gasteiger partial charge in [0.05, 0.1) is 13.0 Å². The third-order valence-corrected chi connectivity index (χ3v) is 10.8. The monoisotopic (exact) mass is 661 g/mol. The zero-order valence-electron chi connectivity index (χ0n) is 28.7. The number of hydrogen-bond acceptors (Lipinski definition) is 7. The van der Waals surface area contributed by atoms with Crippen LogP contribution in [0.15, 0.2) is 30.3 Å². The molecule has 11 nitrogen and oxygen atoms in total. The summed E-state index contributed by atoms with van der Waals surface area (Å²) < 4.78 is 10.9. The van der Waals surface area contributed by atoms with E-state index in [1.54, 1.807) is 7.11 Å². The Morgan fingerprint density at radius 3 is 2.27 bits per heavy atom. The molecule has 3 saturated heterocycles. The minimum atomic E-state index is -0.486. The van der Waals surface area contributed by atoms with E-state index in [0.29, 0.717) is 58.0 Å². The summed E-state index contributed by atoms with van der Waals surface area (Å²) in [7, 11) is 1.64. The smallest absolute Gasteiger partial charge is 0.322 e. The average molecular weight is 662 g/mol. The highest BCUT2D eigenvalue weighted by molar-refractivity contribution is 5.91. The van der Waals surface area contributed by atoms with Crippen LogP contribution in [-0.2, 0) is 27.2 Å². The molecular formula is C37H51N5O6. The van der Waals surface area contributed by atoms with Gasteiger partial charge in [0, 0.05) is 83.2 Å². The summed E-state index contributed by atoms with van der Waals surface area (Å²) in [6, 6.07) is 10.0. The maximum Gasteiger partial charge on any atom is 0.322 e. The van der Waals surface area contributed by atoms with Crippen LogP contribution in [0.1, 0.15) is 54.4 Å². The number of likely N-dealkylation sites (tertiary alicyclic amines) is 1. The van der Waals surface area contributed by atoms with E-state index in [4.69, 9.17) is 9.47 Å². The Labute approximate surface area is 284 Å². The minimum Gasteiger partial charge on any atom is -0.507 e. The number of aryl methyl sites for hydroxylation is 2. The third kappa shape index (κ3) is 7.73. The summed E-state index contributed by atoms with van der Waals surface area (Å²) in [5.74, 6) is 0.574. The Bertz CT molecular complexity index is 1450. The number of hydrogen-bond donors (Lipinski definition) is 2. The molecule has 0 bridgehead atoms. The first-order chi connectivity index (χ1) is 23.2. The second-order valence-electron chi connectivity index (χ2n) is 13.9. The fraction of sp³-hybridized carbons (Fsp3) is 0.595. The number of carbonyl (C=O) groups is 3. The molecule has 4 heterocycles. The van der Waals surface area contributed by atoms with Gasteiger partial charge in [-0.15, -0.1) is 0 Å². The lowest BCUT2D eigenvalue weighted by molar-refractivity contribution is -0.143. The molecule has 2 aromatic rings. The number of rotatable bonds is 8. The second-order valence-corrected chi connectivity index (χ2v) is 13.9. The number of phenolic OH excluding ortho intramolecular Hbond substituents is 1. The van der Waals surface area contributed by atoms with Gasteiger partial charge < -0.3 is 34.6 Å². The van der Waals surface area contributed by atoms with Crippen molar-refractivity contribution in [2.24, 2.45) is 5.92 Å². The van der Waals surface area contributed by atoms with E-state index in [0.717, 1.165) is 79.3 Å². The number of ether oxygens (including phenoxy) is 2. The molecule has 48 heavy (non-hydrogen) atoms. The number of amides is 4. The van der Waals surface area contributed by atoms with Gasteiger partial charge >= 0.3 is 6.03 Å². The molecule has 0 aliphatic carbocycles. The SMILES string of the molecule is COc1ccc2c(c1)CCN(C1CCN(C(=O)C[C@H](Cc3cc(C)c(O)c(C)c3)C(=O)N3CCN(C4CCOCC4)CC3)CC1)C(=O)N2. The molecule has 260 valence electrons. The summed E-state index contributed by atoms with van der Waals surface area (Å²) in [6.07, 6.45) is 4.78. The Morgan fingerprint density at radius 1 is 0.917 bits per heavy atom. The maximum absolute atomic E-state index is 14.1. The number of methoxy groups -OCH3 is 1. The topological polar surface area (TPSA) is 115 Å². The summed E-state index contributed by atoms with van der Waals surface area (Å²) in [6.45, 7) is 10.0. The van der Waals surface area contributed by atoms with Crippen molar-refractivity contribution in [3.05, 3.63) is 52.6 Å². The number of nitrogens with zero attached hydrogens (tertiary/aromatic N) is 4. The molecule has 4 aliphatic heterocycles. The Kier molecular flexibility index (Phi) is 10.8. The molecule has 6 rings (SSSR count). The number of carbonyl (C=O) groups excluding carboxylic acids is 3. The molecule has 11 heteroatoms. The Balaban J connectivity index is 1.08. The van der Waals surface area contributed by atoms with Crippen molar-refractivity contribution in [3.63, 3.8) is 0 Å². The van der Waals surface area contributed by atoms with E-state index in [1.165, 1.54) is 0 Å². The van der Waals surface area contributed by atoms with Gasteiger partial charge in [0.2, 0.25) is 11.8 Å². The molecule has 4 aliphatic rings. The van der Waals surface area contributed by atoms with Crippen LogP contribution in [0.25, 0.3) is 0 Å². The number of anilines is 1. The van der Waals surface area contributed by atoms with Gasteiger partial charge in [0.15, 0.2) is 0 Å². The van der Waals surface area contributed by atoms with Crippen LogP contribution in [0.4, 0.5) is 10.5 Å². The highest BCUT2D eigenvalue weighted by atomic mass is 16.5. The maximum atomic E-state index is 14.1. The van der Waals surface area contributed by atoms with Gasteiger partial charge in [-0.3, -0.25) is 14.5 Å². The zero-order chi connectivity index (χ0) is 33.8. The van der Waals surface area contributed by atoms with Crippen molar-refractivity contribution in [1.82, 2.24) is 19.6 Å². The fourth-order valence-electron chi connectivity index (χ4n) is 7.98. The van der Waals surface area contributed by atoms with E-state index in [9.17, 15) is 19.5 Å². The highest BCUT2D eigenvalue weighted by Crippen LogP contribution is 2.30. The number of fused-ring (bicyclic) bond motifs is 1. The molecule has 2 aromatic carbocycles. The van der Waals surface area contributed by atoms with Crippen LogP contribution < -0.4 is 10.1 Å². The number of phenols is 1. The summed E-state index contributed by atoms with van der Waals surface area (Å²) >= 11 is 0. The molecule has 0 aromatic heterocycles. The van der Waals surface area contributed by atoms with E-state index in [1.807, 2.05) is 58.9 Å². The normalized spacial score (nSPS) is 20.6. The van der Waals surface area contributed by atoms with Gasteiger partial charge in [0.25, 0.3) is 0 Å². The van der Waals surface area contributed by atoms with E-state index in [-0.39, 0.29) is 36.1 Å². The van der Waals surface area contributed by atoms with Crippen molar-refractivity contribution >= 4 is 23.5 Å². The fourth-order valence-corrected chi connectivity index (χ4v) is 7.98. The van der Waals surface area contributed by atoms with E-state index in [2.05, 4.69) is 10.2 Å². The van der Waals surface area contributed by atoms with Crippen molar-refractivity contribution in [3.8, 4) is 11.5 Å². The highest BCUT2D eigenvalue weighted by Gasteiger charge is 2.35. The number of aromatic hydroxyl groups is 1. The molecule has 3 fully saturated rings. The van der Waals surface area contributed by atoms with Crippen LogP contribution >= 0.6 is 0 Å². The molecule has 2 N–H and O–H groups in total. The molecule has 0 unspecified atom stereocenters. The summed E-state index contributed by atoms with van der Waals surface area (Å²) in [5, 5.41) is 13.4. The lowest BCUT2D eigenvalue weighted by atomic mass is 9.91. The van der Waals surface area contributed by atoms with Gasteiger partial charge in [0.1, 0.15) is 11.5 Å². The molecule has 1 atom stereocenters. The second kappa shape index (κ2) is 15.2. The largest absolute Gasteiger partial charge is 0.507 e. The van der Waals surface area contributed by atoms with Crippen LogP contribution in [0, 0.1) is 19.8 Å². The molecule has 0 radical (unpaired) electrons. The van der Waals surface area contributed by atoms with Gasteiger partial charge in [-0.05, 0) is 92.8 Å². The van der Waals surface area contributed by atoms with Gasteiger partial charge in [-0.2, -0.15) is 0 Å². The van der Waals surface area contributed by atoms with Crippen LogP contribution in [-0.4, -0.2) is 121 Å². The standard InChI is InChI=1S/C37H51N5O6/c1-25-20-27(21-26(2)35(25)44)22-29(36(45)41-16-14-39(15-17-41)30-9-18-48-19-10-30)24-34(43)40-11-7-31(8-12-40)42-13-6-28-23-32(47-3)4-5-33(28)38-37(42)46/h4-5,20-21,23,29-31,44H,6-19,22,24H2,1-3H3,(H,38,46)/t29-/m0/s1. The Hall–Kier alpha value is -3.83. The Morgan fingerprint density at radius 2 is 1.60 bits per heavy atom. The molecule has 0 saturated carbocycles. The van der Waals surface area contributed by atoms with Gasteiger partial charge in [-0.1, -0.05) is 12.1 Å². The van der Waals surface area contributed by atoms with Gasteiger partial charge in [-0.25, -0.2) is 4.79 Å². The number of piperidine rings is 1. The van der Waals surface area contributed by atoms with E-state index < -0.39 is 5.92 Å². The first-order valence-corrected chi connectivity index (χ1v) is 17.6. The van der Waals surface area contributed by atoms with Crippen molar-refractivity contribution < 1.29 is 29.0 Å². The first-order valence-electron chi connectivity index (χ1n) is 17.6. The van der Waals surface area contributed by atoms with Crippen molar-refractivity contribution in [1.29, 1.82) is 0 Å². The third-order valence-electron chi connectivity index (χ3n) is 10.8. The van der Waals surface area contributed by atoms with Crippen LogP contribution in [0.3, 0.4) is 0 Å². The van der Waals surface area contributed by atoms with Crippen molar-refractivity contribution in [2.45, 2.75) is 70.9 Å². The quantitative estimate of drug-likeness (QED) is 0.440. The first kappa shape index (κ1) is 34.0. The van der Waals surface area contributed by atoms with Crippen LogP contribution in [0.5, 0.6) is 11.5 Å². The molecule has 0 spiro atoms. The van der Waals surface area contributed by atoms with Crippen LogP contribution in [0.2, 0.25) is 0 Å². The van der Waals surface area contributed by atoms with E-state index >= 15 is 0 Å². The molecular weight excluding hydrogens is 610 g/mol. The summed E-state index contributed by atoms with van der Waals surface area (Å²) in [5.41, 5.74) is 4.37. The number of benzene rings is 2. The average Bonchev–Trinajstić information content (AvgIpc) is 3.27. The predicted molar refractivity (Wildman–Crippen MR) is 183 cm³/mol. The number of nitrogens with one attached hydrogen (secondary N) is 1. The van der Waals surface area contributed by atoms with Crippen molar-refractivity contribution in [2.75, 3.05) is 71.5 Å². The predicted octanol–water partition coefficient (Wildman–Crippen LogP) is 3.97. The lowest BCUT2D eigenvalue weighted by Gasteiger charge is -2.41. The molecule has 4 amide bonds. The number of piperazine rings is 1. The zero-order valence-corrected chi connectivity index (χ0v) is 28.7. The lowest BCUT2D eigenvalue weighted by Crippen LogP contribution is -2.54.